The number of nitrogens with zero attached hydrogens (tertiary/aromatic N) is 3. The van der Waals surface area contributed by atoms with E-state index in [1.807, 2.05) is 35.8 Å². The highest BCUT2D eigenvalue weighted by Gasteiger charge is 2.26. The summed E-state index contributed by atoms with van der Waals surface area (Å²) in [7, 11) is -3.96. The SMILES string of the molecule is Cc1ccccc1-c1c(F)c2c3cnn(S(=O)(=O)c4ccccc4)c3ccc2n1Cc1ccc(CCNCC2CC2)cc1. The van der Waals surface area contributed by atoms with Crippen LogP contribution in [0.5, 0.6) is 0 Å². The summed E-state index contributed by atoms with van der Waals surface area (Å²) in [6.07, 6.45) is 5.12. The molecular formula is C35H33FN4O2S. The lowest BCUT2D eigenvalue weighted by Gasteiger charge is -2.14. The van der Waals surface area contributed by atoms with Crippen molar-refractivity contribution in [2.24, 2.45) is 5.92 Å². The van der Waals surface area contributed by atoms with Gasteiger partial charge in [-0.15, -0.1) is 0 Å². The van der Waals surface area contributed by atoms with E-state index in [0.717, 1.165) is 46.2 Å². The zero-order chi connectivity index (χ0) is 29.6. The number of halogens is 1. The predicted octanol–water partition coefficient (Wildman–Crippen LogP) is 6.93. The fraction of sp³-hybridized carbons (Fsp3) is 0.229. The van der Waals surface area contributed by atoms with Crippen molar-refractivity contribution < 1.29 is 12.8 Å². The second-order valence-electron chi connectivity index (χ2n) is 11.5. The smallest absolute Gasteiger partial charge is 0.283 e. The predicted molar refractivity (Wildman–Crippen MR) is 169 cm³/mol. The molecule has 0 radical (unpaired) electrons. The van der Waals surface area contributed by atoms with Gasteiger partial charge in [-0.05, 0) is 86.1 Å². The molecule has 8 heteroatoms. The summed E-state index contributed by atoms with van der Waals surface area (Å²) >= 11 is 0. The Bertz CT molecular complexity index is 2040. The van der Waals surface area contributed by atoms with Gasteiger partial charge >= 0.3 is 0 Å². The van der Waals surface area contributed by atoms with E-state index in [-0.39, 0.29) is 10.7 Å². The number of rotatable bonds is 10. The van der Waals surface area contributed by atoms with Crippen molar-refractivity contribution in [1.29, 1.82) is 0 Å². The topological polar surface area (TPSA) is 68.9 Å². The van der Waals surface area contributed by atoms with Crippen molar-refractivity contribution in [3.8, 4) is 11.3 Å². The van der Waals surface area contributed by atoms with Crippen LogP contribution in [-0.2, 0) is 23.0 Å². The number of nitrogens with one attached hydrogen (secondary N) is 1. The van der Waals surface area contributed by atoms with Crippen LogP contribution in [0.3, 0.4) is 0 Å². The highest BCUT2D eigenvalue weighted by atomic mass is 32.2. The van der Waals surface area contributed by atoms with Crippen LogP contribution in [0, 0.1) is 18.7 Å². The Morgan fingerprint density at radius 2 is 1.58 bits per heavy atom. The Balaban J connectivity index is 1.30. The van der Waals surface area contributed by atoms with Crippen LogP contribution in [0.4, 0.5) is 4.39 Å². The van der Waals surface area contributed by atoms with E-state index in [2.05, 4.69) is 34.7 Å². The van der Waals surface area contributed by atoms with Crippen LogP contribution in [0.2, 0.25) is 0 Å². The Kier molecular flexibility index (Phi) is 7.11. The molecular weight excluding hydrogens is 559 g/mol. The van der Waals surface area contributed by atoms with Crippen molar-refractivity contribution in [3.05, 3.63) is 120 Å². The van der Waals surface area contributed by atoms with Gasteiger partial charge in [0.25, 0.3) is 10.0 Å². The van der Waals surface area contributed by atoms with Gasteiger partial charge in [0.05, 0.1) is 27.8 Å². The van der Waals surface area contributed by atoms with Crippen LogP contribution in [-0.4, -0.2) is 35.3 Å². The Morgan fingerprint density at radius 1 is 0.884 bits per heavy atom. The van der Waals surface area contributed by atoms with Crippen molar-refractivity contribution in [2.75, 3.05) is 13.1 Å². The fourth-order valence-electron chi connectivity index (χ4n) is 5.88. The van der Waals surface area contributed by atoms with Gasteiger partial charge in [-0.3, -0.25) is 0 Å². The quantitative estimate of drug-likeness (QED) is 0.175. The van der Waals surface area contributed by atoms with Crippen molar-refractivity contribution in [2.45, 2.75) is 37.6 Å². The van der Waals surface area contributed by atoms with E-state index < -0.39 is 10.0 Å². The molecule has 0 saturated heterocycles. The number of hydrogen-bond donors (Lipinski definition) is 1. The van der Waals surface area contributed by atoms with Gasteiger partial charge in [0, 0.05) is 22.9 Å². The first-order valence-corrected chi connectivity index (χ1v) is 16.2. The first kappa shape index (κ1) is 27.6. The molecule has 1 aliphatic rings. The number of aryl methyl sites for hydroxylation is 1. The van der Waals surface area contributed by atoms with Gasteiger partial charge in [0.15, 0.2) is 5.82 Å². The molecule has 0 spiro atoms. The molecule has 1 aliphatic carbocycles. The van der Waals surface area contributed by atoms with Crippen molar-refractivity contribution >= 4 is 31.8 Å². The van der Waals surface area contributed by atoms with E-state index in [1.54, 1.807) is 30.3 Å². The third kappa shape index (κ3) is 5.15. The third-order valence-corrected chi connectivity index (χ3v) is 10.1. The summed E-state index contributed by atoms with van der Waals surface area (Å²) in [5, 5.41) is 8.62. The molecule has 7 rings (SSSR count). The minimum atomic E-state index is -3.96. The molecule has 1 saturated carbocycles. The molecule has 1 fully saturated rings. The van der Waals surface area contributed by atoms with Gasteiger partial charge in [-0.1, -0.05) is 66.7 Å². The zero-order valence-corrected chi connectivity index (χ0v) is 24.8. The maximum absolute atomic E-state index is 16.7. The van der Waals surface area contributed by atoms with E-state index in [9.17, 15) is 8.42 Å². The van der Waals surface area contributed by atoms with E-state index in [4.69, 9.17) is 0 Å². The maximum Gasteiger partial charge on any atom is 0.283 e. The molecule has 43 heavy (non-hydrogen) atoms. The molecule has 0 aliphatic heterocycles. The molecule has 0 bridgehead atoms. The summed E-state index contributed by atoms with van der Waals surface area (Å²) in [4.78, 5) is 0.126. The Morgan fingerprint density at radius 3 is 2.33 bits per heavy atom. The summed E-state index contributed by atoms with van der Waals surface area (Å²) < 4.78 is 46.6. The molecule has 0 amide bonds. The third-order valence-electron chi connectivity index (χ3n) is 8.44. The average Bonchev–Trinajstić information content (AvgIpc) is 3.68. The van der Waals surface area contributed by atoms with Gasteiger partial charge in [0.1, 0.15) is 0 Å². The number of hydrogen-bond acceptors (Lipinski definition) is 4. The molecule has 0 unspecified atom stereocenters. The Labute approximate surface area is 250 Å². The largest absolute Gasteiger partial charge is 0.333 e. The lowest BCUT2D eigenvalue weighted by molar-refractivity contribution is 0.582. The lowest BCUT2D eigenvalue weighted by atomic mass is 10.0. The summed E-state index contributed by atoms with van der Waals surface area (Å²) in [6.45, 7) is 4.51. The summed E-state index contributed by atoms with van der Waals surface area (Å²) in [5.41, 5.74) is 5.58. The molecule has 1 N–H and O–H groups in total. The minimum Gasteiger partial charge on any atom is -0.333 e. The summed E-state index contributed by atoms with van der Waals surface area (Å²) in [6, 6.07) is 28.0. The lowest BCUT2D eigenvalue weighted by Crippen LogP contribution is -2.19. The highest BCUT2D eigenvalue weighted by molar-refractivity contribution is 7.90. The van der Waals surface area contributed by atoms with Gasteiger partial charge in [0.2, 0.25) is 0 Å². The van der Waals surface area contributed by atoms with Gasteiger partial charge in [-0.25, -0.2) is 4.39 Å². The number of fused-ring (bicyclic) bond motifs is 3. The monoisotopic (exact) mass is 592 g/mol. The molecule has 0 atom stereocenters. The molecule has 218 valence electrons. The standard InChI is InChI=1S/C35H33FN4O2S/c1-24-7-5-6-10-29(24)35-34(36)33-30-22-38-40(43(41,42)28-8-3-2-4-9-28)31(30)17-18-32(33)39(35)23-27-15-11-25(12-16-27)19-20-37-21-26-13-14-26/h2-12,15-18,22,26,37H,13-14,19-21,23H2,1H3. The second-order valence-corrected chi connectivity index (χ2v) is 13.2. The van der Waals surface area contributed by atoms with Crippen molar-refractivity contribution in [1.82, 2.24) is 19.1 Å². The first-order valence-electron chi connectivity index (χ1n) is 14.8. The van der Waals surface area contributed by atoms with Crippen molar-refractivity contribution in [3.63, 3.8) is 0 Å². The van der Waals surface area contributed by atoms with E-state index in [0.29, 0.717) is 34.0 Å². The summed E-state index contributed by atoms with van der Waals surface area (Å²) in [5.74, 6) is 0.482. The van der Waals surface area contributed by atoms with Gasteiger partial charge in [-0.2, -0.15) is 17.6 Å². The molecule has 2 heterocycles. The second kappa shape index (κ2) is 11.1. The van der Waals surface area contributed by atoms with Crippen LogP contribution in [0.25, 0.3) is 33.1 Å². The van der Waals surface area contributed by atoms with E-state index >= 15 is 4.39 Å². The minimum absolute atomic E-state index is 0.126. The average molecular weight is 593 g/mol. The first-order chi connectivity index (χ1) is 20.9. The molecule has 6 aromatic rings. The molecule has 4 aromatic carbocycles. The number of benzene rings is 4. The normalized spacial score (nSPS) is 13.7. The van der Waals surface area contributed by atoms with E-state index in [1.165, 1.54) is 36.7 Å². The van der Waals surface area contributed by atoms with Crippen LogP contribution < -0.4 is 5.32 Å². The zero-order valence-electron chi connectivity index (χ0n) is 24.0. The van der Waals surface area contributed by atoms with Crippen LogP contribution in [0.15, 0.2) is 102 Å². The van der Waals surface area contributed by atoms with Crippen LogP contribution >= 0.6 is 0 Å². The fourth-order valence-corrected chi connectivity index (χ4v) is 7.18. The molecule has 6 nitrogen and oxygen atoms in total. The van der Waals surface area contributed by atoms with Crippen LogP contribution in [0.1, 0.15) is 29.5 Å². The molecule has 2 aromatic heterocycles. The number of aromatic nitrogens is 3. The Hall–Kier alpha value is -4.27. The maximum atomic E-state index is 16.7. The van der Waals surface area contributed by atoms with Gasteiger partial charge < -0.3 is 9.88 Å². The highest BCUT2D eigenvalue weighted by Crippen LogP contribution is 2.39.